The molecule has 0 aliphatic heterocycles. The lowest BCUT2D eigenvalue weighted by molar-refractivity contribution is -0.113. The number of fused-ring (bicyclic) bond motifs is 1. The Morgan fingerprint density at radius 1 is 1.24 bits per heavy atom. The van der Waals surface area contributed by atoms with Gasteiger partial charge in [-0.15, -0.1) is 0 Å². The lowest BCUT2D eigenvalue weighted by Gasteiger charge is -2.43. The zero-order chi connectivity index (χ0) is 18.2. The highest BCUT2D eigenvalue weighted by molar-refractivity contribution is 5.54. The molecule has 0 radical (unpaired) electrons. The van der Waals surface area contributed by atoms with E-state index in [0.29, 0.717) is 23.2 Å². The van der Waals surface area contributed by atoms with E-state index in [2.05, 4.69) is 46.4 Å². The van der Waals surface area contributed by atoms with Crippen LogP contribution in [0.2, 0.25) is 0 Å². The van der Waals surface area contributed by atoms with Crippen LogP contribution in [0.3, 0.4) is 0 Å². The fourth-order valence-electron chi connectivity index (χ4n) is 6.27. The maximum absolute atomic E-state index is 11.4. The molecular formula is C24H36O. The Hall–Kier alpha value is -1.11. The summed E-state index contributed by atoms with van der Waals surface area (Å²) in [6.45, 7) is 13.6. The van der Waals surface area contributed by atoms with Gasteiger partial charge in [-0.05, 0) is 85.2 Å². The van der Waals surface area contributed by atoms with E-state index in [4.69, 9.17) is 0 Å². The SMILES string of the molecule is C=C1/C(=C\C=C2/CCC[C@@]3(C)C2CC[C@@H]3[C@H](C)C=O)C[C@@H](C)C[C@@H]1C. The number of aldehydes is 1. The molecule has 0 N–H and O–H groups in total. The molecule has 0 aromatic heterocycles. The second kappa shape index (κ2) is 7.25. The molecule has 1 nitrogen and oxygen atoms in total. The van der Waals surface area contributed by atoms with E-state index in [-0.39, 0.29) is 5.92 Å². The normalized spacial score (nSPS) is 43.3. The molecular weight excluding hydrogens is 304 g/mol. The average molecular weight is 341 g/mol. The zero-order valence-electron chi connectivity index (χ0n) is 16.7. The summed E-state index contributed by atoms with van der Waals surface area (Å²) in [5.41, 5.74) is 4.79. The van der Waals surface area contributed by atoms with Gasteiger partial charge in [-0.25, -0.2) is 0 Å². The first kappa shape index (κ1) is 18.7. The molecule has 0 heterocycles. The summed E-state index contributed by atoms with van der Waals surface area (Å²) in [7, 11) is 0. The highest BCUT2D eigenvalue weighted by Crippen LogP contribution is 2.59. The molecule has 1 unspecified atom stereocenters. The van der Waals surface area contributed by atoms with Gasteiger partial charge >= 0.3 is 0 Å². The summed E-state index contributed by atoms with van der Waals surface area (Å²) < 4.78 is 0. The van der Waals surface area contributed by atoms with E-state index in [1.54, 1.807) is 5.57 Å². The molecule has 0 aromatic carbocycles. The van der Waals surface area contributed by atoms with Crippen molar-refractivity contribution in [3.63, 3.8) is 0 Å². The smallest absolute Gasteiger partial charge is 0.123 e. The van der Waals surface area contributed by atoms with Crippen molar-refractivity contribution in [3.8, 4) is 0 Å². The van der Waals surface area contributed by atoms with Gasteiger partial charge in [0, 0.05) is 5.92 Å². The van der Waals surface area contributed by atoms with Crippen LogP contribution in [-0.2, 0) is 4.79 Å². The molecule has 6 atom stereocenters. The molecule has 138 valence electrons. The van der Waals surface area contributed by atoms with Gasteiger partial charge < -0.3 is 4.79 Å². The van der Waals surface area contributed by atoms with E-state index in [1.165, 1.54) is 62.4 Å². The van der Waals surface area contributed by atoms with E-state index in [0.717, 1.165) is 5.92 Å². The van der Waals surface area contributed by atoms with Crippen LogP contribution in [0, 0.1) is 35.0 Å². The van der Waals surface area contributed by atoms with Crippen LogP contribution in [0.5, 0.6) is 0 Å². The highest BCUT2D eigenvalue weighted by atomic mass is 16.1. The summed E-state index contributed by atoms with van der Waals surface area (Å²) in [6.07, 6.45) is 14.8. The first-order valence-electron chi connectivity index (χ1n) is 10.4. The Morgan fingerprint density at radius 3 is 2.72 bits per heavy atom. The quantitative estimate of drug-likeness (QED) is 0.535. The summed E-state index contributed by atoms with van der Waals surface area (Å²) in [5.74, 6) is 2.83. The number of hydrogen-bond donors (Lipinski definition) is 0. The van der Waals surface area contributed by atoms with E-state index < -0.39 is 0 Å². The van der Waals surface area contributed by atoms with Crippen LogP contribution in [-0.4, -0.2) is 6.29 Å². The minimum absolute atomic E-state index is 0.201. The Kier molecular flexibility index (Phi) is 5.42. The molecule has 0 aromatic rings. The molecule has 0 bridgehead atoms. The third-order valence-corrected chi connectivity index (χ3v) is 7.72. The lowest BCUT2D eigenvalue weighted by atomic mass is 9.61. The maximum atomic E-state index is 11.4. The lowest BCUT2D eigenvalue weighted by Crippen LogP contribution is -2.36. The molecule has 0 saturated heterocycles. The van der Waals surface area contributed by atoms with Gasteiger partial charge in [0.1, 0.15) is 6.29 Å². The summed E-state index contributed by atoms with van der Waals surface area (Å²) >= 11 is 0. The number of hydrogen-bond acceptors (Lipinski definition) is 1. The van der Waals surface area contributed by atoms with Gasteiger partial charge in [0.15, 0.2) is 0 Å². The van der Waals surface area contributed by atoms with Crippen molar-refractivity contribution in [2.45, 2.75) is 72.6 Å². The Labute approximate surface area is 154 Å². The van der Waals surface area contributed by atoms with Gasteiger partial charge in [0.05, 0.1) is 0 Å². The number of carbonyl (C=O) groups excluding carboxylic acids is 1. The highest BCUT2D eigenvalue weighted by Gasteiger charge is 2.50. The van der Waals surface area contributed by atoms with Gasteiger partial charge in [-0.2, -0.15) is 0 Å². The number of rotatable bonds is 3. The minimum atomic E-state index is 0.201. The second-order valence-electron chi connectivity index (χ2n) is 9.50. The fraction of sp³-hybridized carbons (Fsp3) is 0.708. The Balaban J connectivity index is 1.83. The predicted molar refractivity (Wildman–Crippen MR) is 106 cm³/mol. The van der Waals surface area contributed by atoms with Crippen molar-refractivity contribution < 1.29 is 4.79 Å². The van der Waals surface area contributed by atoms with Crippen molar-refractivity contribution in [2.75, 3.05) is 0 Å². The van der Waals surface area contributed by atoms with Crippen LogP contribution in [0.15, 0.2) is 35.5 Å². The molecule has 0 amide bonds. The van der Waals surface area contributed by atoms with Crippen molar-refractivity contribution in [3.05, 3.63) is 35.5 Å². The second-order valence-corrected chi connectivity index (χ2v) is 9.50. The van der Waals surface area contributed by atoms with Crippen LogP contribution in [0.4, 0.5) is 0 Å². The summed E-state index contributed by atoms with van der Waals surface area (Å²) in [4.78, 5) is 11.4. The number of allylic oxidation sites excluding steroid dienone is 5. The van der Waals surface area contributed by atoms with Crippen LogP contribution < -0.4 is 0 Å². The Bertz CT molecular complexity index is 595. The third kappa shape index (κ3) is 3.44. The van der Waals surface area contributed by atoms with Crippen molar-refractivity contribution in [1.29, 1.82) is 0 Å². The summed E-state index contributed by atoms with van der Waals surface area (Å²) in [6, 6.07) is 0. The van der Waals surface area contributed by atoms with Crippen molar-refractivity contribution in [1.82, 2.24) is 0 Å². The average Bonchev–Trinajstić information content (AvgIpc) is 2.93. The van der Waals surface area contributed by atoms with E-state index in [1.807, 2.05) is 0 Å². The third-order valence-electron chi connectivity index (χ3n) is 7.72. The molecule has 25 heavy (non-hydrogen) atoms. The molecule has 3 aliphatic rings. The topological polar surface area (TPSA) is 17.1 Å². The maximum Gasteiger partial charge on any atom is 0.123 e. The Morgan fingerprint density at radius 2 is 2.00 bits per heavy atom. The zero-order valence-corrected chi connectivity index (χ0v) is 16.7. The minimum Gasteiger partial charge on any atom is -0.303 e. The molecule has 3 aliphatic carbocycles. The van der Waals surface area contributed by atoms with Crippen LogP contribution >= 0.6 is 0 Å². The molecule has 1 heteroatoms. The van der Waals surface area contributed by atoms with Gasteiger partial charge in [0.25, 0.3) is 0 Å². The number of carbonyl (C=O) groups is 1. The first-order chi connectivity index (χ1) is 11.9. The summed E-state index contributed by atoms with van der Waals surface area (Å²) in [5, 5.41) is 0. The van der Waals surface area contributed by atoms with Crippen LogP contribution in [0.25, 0.3) is 0 Å². The molecule has 0 spiro atoms. The molecule has 3 saturated carbocycles. The largest absolute Gasteiger partial charge is 0.303 e. The van der Waals surface area contributed by atoms with Gasteiger partial charge in [0.2, 0.25) is 0 Å². The van der Waals surface area contributed by atoms with Crippen molar-refractivity contribution >= 4 is 6.29 Å². The predicted octanol–water partition coefficient (Wildman–Crippen LogP) is 6.51. The van der Waals surface area contributed by atoms with E-state index in [9.17, 15) is 4.79 Å². The van der Waals surface area contributed by atoms with Gasteiger partial charge in [-0.3, -0.25) is 0 Å². The van der Waals surface area contributed by atoms with Crippen LogP contribution in [0.1, 0.15) is 72.6 Å². The molecule has 3 fully saturated rings. The standard InChI is InChI=1S/C24H36O/c1-16-13-17(2)19(4)21(14-16)9-8-20-7-6-12-24(5)22(18(3)15-25)10-11-23(20)24/h8-9,15-18,22-23H,4,6-7,10-14H2,1-3,5H3/b20-8+,21-9-/t16-,17-,18+,22+,23?,24+/m0/s1. The van der Waals surface area contributed by atoms with Crippen molar-refractivity contribution in [2.24, 2.45) is 35.0 Å². The monoisotopic (exact) mass is 340 g/mol. The van der Waals surface area contributed by atoms with Gasteiger partial charge in [-0.1, -0.05) is 52.0 Å². The van der Waals surface area contributed by atoms with E-state index >= 15 is 0 Å². The first-order valence-corrected chi connectivity index (χ1v) is 10.4. The molecule has 3 rings (SSSR count). The fourth-order valence-corrected chi connectivity index (χ4v) is 6.27.